The molecular weight excluding hydrogens is 172 g/mol. The zero-order valence-corrected chi connectivity index (χ0v) is 7.32. The summed E-state index contributed by atoms with van der Waals surface area (Å²) in [4.78, 5) is 20.8. The summed E-state index contributed by atoms with van der Waals surface area (Å²) >= 11 is 0. The van der Waals surface area contributed by atoms with Crippen LogP contribution in [0.3, 0.4) is 0 Å². The summed E-state index contributed by atoms with van der Waals surface area (Å²) < 4.78 is 0. The van der Waals surface area contributed by atoms with Crippen molar-refractivity contribution in [3.05, 3.63) is 12.2 Å². The average Bonchev–Trinajstić information content (AvgIpc) is 2.09. The summed E-state index contributed by atoms with van der Waals surface area (Å²) in [6.07, 6.45) is 3.45. The molecule has 0 fully saturated rings. The van der Waals surface area contributed by atoms with E-state index in [-0.39, 0.29) is 5.91 Å². The molecule has 0 spiro atoms. The molecule has 0 aliphatic carbocycles. The Balaban J connectivity index is 3.46. The molecule has 0 radical (unpaired) electrons. The van der Waals surface area contributed by atoms with E-state index in [4.69, 9.17) is 10.8 Å². The lowest BCUT2D eigenvalue weighted by atomic mass is 10.3. The number of carbonyl (C=O) groups excluding carboxylic acids is 1. The van der Waals surface area contributed by atoms with Gasteiger partial charge in [-0.2, -0.15) is 0 Å². The molecule has 0 atom stereocenters. The van der Waals surface area contributed by atoms with Crippen LogP contribution in [0, 0.1) is 0 Å². The van der Waals surface area contributed by atoms with Crippen LogP contribution in [0.4, 0.5) is 0 Å². The summed E-state index contributed by atoms with van der Waals surface area (Å²) in [6.45, 7) is 1.13. The lowest BCUT2D eigenvalue weighted by Crippen LogP contribution is -2.22. The molecule has 5 nitrogen and oxygen atoms in total. The number of hydrogen-bond donors (Lipinski definition) is 3. The minimum Gasteiger partial charge on any atom is -0.478 e. The Morgan fingerprint density at radius 2 is 2.00 bits per heavy atom. The number of nitrogens with two attached hydrogens (primary N) is 1. The number of hydrogen-bond acceptors (Lipinski definition) is 3. The van der Waals surface area contributed by atoms with E-state index in [9.17, 15) is 9.59 Å². The molecule has 1 amide bonds. The van der Waals surface area contributed by atoms with Crippen LogP contribution in [-0.2, 0) is 9.59 Å². The van der Waals surface area contributed by atoms with Gasteiger partial charge in [0.15, 0.2) is 0 Å². The number of unbranched alkanes of at least 4 members (excludes halogenated alkanes) is 1. The molecule has 0 heterocycles. The maximum absolute atomic E-state index is 10.8. The fraction of sp³-hybridized carbons (Fsp3) is 0.500. The van der Waals surface area contributed by atoms with Crippen molar-refractivity contribution in [2.45, 2.75) is 12.8 Å². The Morgan fingerprint density at radius 1 is 1.31 bits per heavy atom. The topological polar surface area (TPSA) is 92.4 Å². The van der Waals surface area contributed by atoms with Crippen molar-refractivity contribution in [3.8, 4) is 0 Å². The molecule has 0 aromatic carbocycles. The van der Waals surface area contributed by atoms with Crippen molar-refractivity contribution in [1.29, 1.82) is 0 Å². The Bertz CT molecular complexity index is 202. The summed E-state index contributed by atoms with van der Waals surface area (Å²) in [7, 11) is 0. The SMILES string of the molecule is NCCCCNC(=O)C=CC(=O)O. The molecule has 0 saturated heterocycles. The summed E-state index contributed by atoms with van der Waals surface area (Å²) in [5.74, 6) is -1.52. The van der Waals surface area contributed by atoms with E-state index in [1.807, 2.05) is 0 Å². The minimum atomic E-state index is -1.13. The van der Waals surface area contributed by atoms with Crippen molar-refractivity contribution in [2.24, 2.45) is 5.73 Å². The highest BCUT2D eigenvalue weighted by Crippen LogP contribution is 1.82. The molecule has 0 unspecified atom stereocenters. The second-order valence-electron chi connectivity index (χ2n) is 2.46. The quantitative estimate of drug-likeness (QED) is 0.384. The van der Waals surface area contributed by atoms with Gasteiger partial charge in [-0.15, -0.1) is 0 Å². The summed E-state index contributed by atoms with van der Waals surface area (Å²) in [5.41, 5.74) is 5.24. The molecular formula is C8H14N2O3. The number of amides is 1. The smallest absolute Gasteiger partial charge is 0.328 e. The highest BCUT2D eigenvalue weighted by molar-refractivity contribution is 5.93. The number of carbonyl (C=O) groups is 2. The standard InChI is InChI=1S/C8H14N2O3/c9-5-1-2-6-10-7(11)3-4-8(12)13/h3-4H,1-2,5-6,9H2,(H,10,11)(H,12,13). The average molecular weight is 186 g/mol. The number of carboxylic acid groups (broad SMARTS) is 1. The third-order valence-corrected chi connectivity index (χ3v) is 1.31. The molecule has 5 heteroatoms. The predicted molar refractivity (Wildman–Crippen MR) is 48.1 cm³/mol. The van der Waals surface area contributed by atoms with Crippen LogP contribution >= 0.6 is 0 Å². The fourth-order valence-electron chi connectivity index (χ4n) is 0.687. The predicted octanol–water partition coefficient (Wildman–Crippen LogP) is -0.518. The Labute approximate surface area is 76.6 Å². The first-order chi connectivity index (χ1) is 6.16. The van der Waals surface area contributed by atoms with Gasteiger partial charge in [-0.05, 0) is 19.4 Å². The van der Waals surface area contributed by atoms with Crippen molar-refractivity contribution in [1.82, 2.24) is 5.32 Å². The van der Waals surface area contributed by atoms with Crippen molar-refractivity contribution in [2.75, 3.05) is 13.1 Å². The van der Waals surface area contributed by atoms with Crippen LogP contribution in [0.15, 0.2) is 12.2 Å². The first-order valence-electron chi connectivity index (χ1n) is 4.05. The minimum absolute atomic E-state index is 0.389. The van der Waals surface area contributed by atoms with E-state index < -0.39 is 5.97 Å². The maximum atomic E-state index is 10.8. The van der Waals surface area contributed by atoms with Gasteiger partial charge >= 0.3 is 5.97 Å². The van der Waals surface area contributed by atoms with E-state index in [1.165, 1.54) is 0 Å². The normalized spacial score (nSPS) is 10.2. The molecule has 0 rings (SSSR count). The van der Waals surface area contributed by atoms with E-state index in [1.54, 1.807) is 0 Å². The molecule has 0 saturated carbocycles. The van der Waals surface area contributed by atoms with Gasteiger partial charge in [0, 0.05) is 18.7 Å². The van der Waals surface area contributed by atoms with Gasteiger partial charge in [0.2, 0.25) is 5.91 Å². The Morgan fingerprint density at radius 3 is 2.54 bits per heavy atom. The second-order valence-corrected chi connectivity index (χ2v) is 2.46. The van der Waals surface area contributed by atoms with Gasteiger partial charge in [-0.25, -0.2) is 4.79 Å². The summed E-state index contributed by atoms with van der Waals surface area (Å²) in [5, 5.41) is 10.7. The van der Waals surface area contributed by atoms with Crippen molar-refractivity contribution >= 4 is 11.9 Å². The molecule has 0 aromatic rings. The van der Waals surface area contributed by atoms with Crippen LogP contribution in [-0.4, -0.2) is 30.1 Å². The van der Waals surface area contributed by atoms with Gasteiger partial charge in [0.05, 0.1) is 0 Å². The monoisotopic (exact) mass is 186 g/mol. The van der Waals surface area contributed by atoms with Crippen LogP contribution in [0.5, 0.6) is 0 Å². The third-order valence-electron chi connectivity index (χ3n) is 1.31. The van der Waals surface area contributed by atoms with E-state index in [0.29, 0.717) is 13.1 Å². The molecule has 74 valence electrons. The number of rotatable bonds is 6. The molecule has 4 N–H and O–H groups in total. The van der Waals surface area contributed by atoms with Crippen LogP contribution in [0.25, 0.3) is 0 Å². The fourth-order valence-corrected chi connectivity index (χ4v) is 0.687. The summed E-state index contributed by atoms with van der Waals surface area (Å²) in [6, 6.07) is 0. The molecule has 0 aliphatic heterocycles. The van der Waals surface area contributed by atoms with Crippen LogP contribution in [0.1, 0.15) is 12.8 Å². The third kappa shape index (κ3) is 8.55. The molecule has 0 aliphatic rings. The van der Waals surface area contributed by atoms with Crippen LogP contribution < -0.4 is 11.1 Å². The molecule has 0 aromatic heterocycles. The Kier molecular flexibility index (Phi) is 6.53. The van der Waals surface area contributed by atoms with Gasteiger partial charge in [0.25, 0.3) is 0 Å². The van der Waals surface area contributed by atoms with Gasteiger partial charge in [-0.1, -0.05) is 0 Å². The highest BCUT2D eigenvalue weighted by Gasteiger charge is 1.94. The first-order valence-corrected chi connectivity index (χ1v) is 4.05. The zero-order chi connectivity index (χ0) is 10.1. The Hall–Kier alpha value is -1.36. The maximum Gasteiger partial charge on any atom is 0.328 e. The van der Waals surface area contributed by atoms with E-state index in [2.05, 4.69) is 5.32 Å². The zero-order valence-electron chi connectivity index (χ0n) is 7.32. The molecule has 0 bridgehead atoms. The molecule has 13 heavy (non-hydrogen) atoms. The largest absolute Gasteiger partial charge is 0.478 e. The lowest BCUT2D eigenvalue weighted by molar-refractivity contribution is -0.131. The van der Waals surface area contributed by atoms with Gasteiger partial charge < -0.3 is 16.2 Å². The number of aliphatic carboxylic acids is 1. The van der Waals surface area contributed by atoms with Crippen molar-refractivity contribution < 1.29 is 14.7 Å². The number of nitrogens with one attached hydrogen (secondary N) is 1. The van der Waals surface area contributed by atoms with E-state index >= 15 is 0 Å². The van der Waals surface area contributed by atoms with Crippen LogP contribution in [0.2, 0.25) is 0 Å². The van der Waals surface area contributed by atoms with Gasteiger partial charge in [0.1, 0.15) is 0 Å². The second kappa shape index (κ2) is 7.30. The first kappa shape index (κ1) is 11.6. The number of carboxylic acids is 1. The van der Waals surface area contributed by atoms with Gasteiger partial charge in [-0.3, -0.25) is 4.79 Å². The van der Waals surface area contributed by atoms with Crippen molar-refractivity contribution in [3.63, 3.8) is 0 Å². The van der Waals surface area contributed by atoms with E-state index in [0.717, 1.165) is 25.0 Å². The highest BCUT2D eigenvalue weighted by atomic mass is 16.4. The lowest BCUT2D eigenvalue weighted by Gasteiger charge is -1.99.